The Balaban J connectivity index is 1.48. The van der Waals surface area contributed by atoms with Crippen molar-refractivity contribution in [2.24, 2.45) is 5.92 Å². The van der Waals surface area contributed by atoms with E-state index in [2.05, 4.69) is 5.32 Å². The Kier molecular flexibility index (Phi) is 6.21. The zero-order valence-corrected chi connectivity index (χ0v) is 23.4. The molecule has 7 nitrogen and oxygen atoms in total. The topological polar surface area (TPSA) is 99.5 Å². The summed E-state index contributed by atoms with van der Waals surface area (Å²) in [5.74, 6) is -1.46. The van der Waals surface area contributed by atoms with Gasteiger partial charge in [0.25, 0.3) is 0 Å². The van der Waals surface area contributed by atoms with E-state index in [1.165, 1.54) is 0 Å². The standard InChI is InChI=1S/C36H27N3O4/c1-22-10-12-25(13-11-22)33(41)31-30(32(40)24-14-16-26(17-15-24)43-21-19-37)36(28-8-4-5-9-29(28)38-35(36)42)34-27-7-3-2-6-23(27)18-20-39(31)34/h2-18,20,30-31,34H,21H2,1H3,(H,38,42)/t30-,31-,34+,36-/m0/s1. The maximum Gasteiger partial charge on any atom is 0.238 e. The van der Waals surface area contributed by atoms with Crippen LogP contribution >= 0.6 is 0 Å². The second-order valence-corrected chi connectivity index (χ2v) is 11.2. The molecule has 0 bridgehead atoms. The van der Waals surface area contributed by atoms with Crippen molar-refractivity contribution in [1.82, 2.24) is 4.90 Å². The van der Waals surface area contributed by atoms with E-state index in [9.17, 15) is 14.4 Å². The molecule has 0 unspecified atom stereocenters. The SMILES string of the molecule is Cc1ccc(C(=O)[C@@H]2[C@@H](C(=O)c3ccc(OCC#N)cc3)[C@]3(C(=O)Nc4ccccc43)[C@H]3c4ccccc4C=CN23)cc1. The number of nitriles is 1. The van der Waals surface area contributed by atoms with Gasteiger partial charge in [0.2, 0.25) is 5.91 Å². The van der Waals surface area contributed by atoms with Crippen molar-refractivity contribution in [3.8, 4) is 11.8 Å². The fraction of sp³-hybridized carbons (Fsp3) is 0.167. The lowest BCUT2D eigenvalue weighted by atomic mass is 9.62. The smallest absolute Gasteiger partial charge is 0.238 e. The number of nitrogens with one attached hydrogen (secondary N) is 1. The molecule has 0 aliphatic carbocycles. The van der Waals surface area contributed by atoms with Gasteiger partial charge in [-0.3, -0.25) is 14.4 Å². The molecule has 1 amide bonds. The number of Topliss-reactive ketones (excluding diaryl/α,β-unsaturated/α-hetero) is 2. The van der Waals surface area contributed by atoms with Crippen LogP contribution in [0.25, 0.3) is 6.08 Å². The van der Waals surface area contributed by atoms with Gasteiger partial charge < -0.3 is 15.0 Å². The highest BCUT2D eigenvalue weighted by Crippen LogP contribution is 2.62. The molecular formula is C36H27N3O4. The van der Waals surface area contributed by atoms with Crippen LogP contribution in [0.4, 0.5) is 5.69 Å². The minimum Gasteiger partial charge on any atom is -0.479 e. The van der Waals surface area contributed by atoms with Crippen molar-refractivity contribution in [2.45, 2.75) is 24.4 Å². The maximum absolute atomic E-state index is 14.9. The van der Waals surface area contributed by atoms with Crippen LogP contribution in [-0.4, -0.2) is 35.0 Å². The molecule has 4 aromatic rings. The molecule has 7 heteroatoms. The summed E-state index contributed by atoms with van der Waals surface area (Å²) in [6.45, 7) is 1.83. The molecule has 4 aromatic carbocycles. The Morgan fingerprint density at radius 3 is 2.35 bits per heavy atom. The van der Waals surface area contributed by atoms with Crippen LogP contribution in [0.3, 0.4) is 0 Å². The first-order valence-electron chi connectivity index (χ1n) is 14.2. The number of benzene rings is 4. The number of anilines is 1. The molecule has 7 rings (SSSR count). The van der Waals surface area contributed by atoms with Gasteiger partial charge >= 0.3 is 0 Å². The van der Waals surface area contributed by atoms with E-state index in [4.69, 9.17) is 10.00 Å². The van der Waals surface area contributed by atoms with E-state index in [0.717, 1.165) is 16.7 Å². The van der Waals surface area contributed by atoms with E-state index >= 15 is 0 Å². The van der Waals surface area contributed by atoms with Crippen molar-refractivity contribution in [3.05, 3.63) is 137 Å². The average molecular weight is 566 g/mol. The maximum atomic E-state index is 14.9. The lowest BCUT2D eigenvalue weighted by Crippen LogP contribution is -2.49. The predicted molar refractivity (Wildman–Crippen MR) is 161 cm³/mol. The lowest BCUT2D eigenvalue weighted by Gasteiger charge is -2.38. The molecule has 3 heterocycles. The number of ketones is 2. The normalized spacial score (nSPS) is 22.7. The highest BCUT2D eigenvalue weighted by molar-refractivity contribution is 6.16. The van der Waals surface area contributed by atoms with E-state index in [0.29, 0.717) is 28.1 Å². The number of carbonyl (C=O) groups is 3. The summed E-state index contributed by atoms with van der Waals surface area (Å²) in [5, 5.41) is 12.0. The van der Waals surface area contributed by atoms with Crippen molar-refractivity contribution in [2.75, 3.05) is 11.9 Å². The van der Waals surface area contributed by atoms with E-state index in [1.54, 1.807) is 36.4 Å². The van der Waals surface area contributed by atoms with E-state index in [-0.39, 0.29) is 24.1 Å². The minimum atomic E-state index is -1.39. The van der Waals surface area contributed by atoms with Gasteiger partial charge in [0.05, 0.1) is 12.0 Å². The summed E-state index contributed by atoms with van der Waals surface area (Å²) in [6.07, 6.45) is 3.81. The fourth-order valence-corrected chi connectivity index (χ4v) is 7.07. The van der Waals surface area contributed by atoms with Gasteiger partial charge in [-0.1, -0.05) is 72.3 Å². The first-order chi connectivity index (χ1) is 20.9. The number of nitrogens with zero attached hydrogens (tertiary/aromatic N) is 2. The van der Waals surface area contributed by atoms with Gasteiger partial charge in [-0.05, 0) is 60.0 Å². The van der Waals surface area contributed by atoms with Gasteiger partial charge in [-0.15, -0.1) is 0 Å². The number of amides is 1. The summed E-state index contributed by atoms with van der Waals surface area (Å²) >= 11 is 0. The summed E-state index contributed by atoms with van der Waals surface area (Å²) in [5.41, 5.74) is 3.61. The molecule has 1 N–H and O–H groups in total. The fourth-order valence-electron chi connectivity index (χ4n) is 7.07. The zero-order valence-electron chi connectivity index (χ0n) is 23.4. The number of carbonyl (C=O) groups excluding carboxylic acids is 3. The van der Waals surface area contributed by atoms with E-state index < -0.39 is 23.4 Å². The largest absolute Gasteiger partial charge is 0.479 e. The van der Waals surface area contributed by atoms with Crippen molar-refractivity contribution >= 4 is 29.2 Å². The van der Waals surface area contributed by atoms with Crippen LogP contribution in [0, 0.1) is 24.2 Å². The van der Waals surface area contributed by atoms with Gasteiger partial charge in [-0.2, -0.15) is 5.26 Å². The van der Waals surface area contributed by atoms with Gasteiger partial charge in [0.15, 0.2) is 18.2 Å². The van der Waals surface area contributed by atoms with Crippen LogP contribution in [-0.2, 0) is 10.2 Å². The summed E-state index contributed by atoms with van der Waals surface area (Å²) < 4.78 is 5.41. The molecule has 1 fully saturated rings. The van der Waals surface area contributed by atoms with Crippen molar-refractivity contribution < 1.29 is 19.1 Å². The molecule has 1 saturated heterocycles. The first-order valence-corrected chi connectivity index (χ1v) is 14.2. The molecule has 43 heavy (non-hydrogen) atoms. The molecule has 0 saturated carbocycles. The Morgan fingerprint density at radius 2 is 1.58 bits per heavy atom. The average Bonchev–Trinajstić information content (AvgIpc) is 3.52. The Morgan fingerprint density at radius 1 is 0.907 bits per heavy atom. The Bertz CT molecular complexity index is 1850. The highest BCUT2D eigenvalue weighted by atomic mass is 16.5. The molecule has 3 aliphatic heterocycles. The van der Waals surface area contributed by atoms with E-state index in [1.807, 2.05) is 90.8 Å². The van der Waals surface area contributed by atoms with Gasteiger partial charge in [0, 0.05) is 23.0 Å². The second kappa shape index (κ2) is 10.1. The number of hydrogen-bond donors (Lipinski definition) is 1. The molecular weight excluding hydrogens is 538 g/mol. The van der Waals surface area contributed by atoms with Crippen LogP contribution in [0.2, 0.25) is 0 Å². The number of rotatable bonds is 6. The number of ether oxygens (including phenoxy) is 1. The first kappa shape index (κ1) is 26.4. The molecule has 4 atom stereocenters. The minimum absolute atomic E-state index is 0.120. The Labute approximate surface area is 249 Å². The predicted octanol–water partition coefficient (Wildman–Crippen LogP) is 5.88. The molecule has 0 aromatic heterocycles. The third-order valence-corrected chi connectivity index (χ3v) is 8.90. The van der Waals surface area contributed by atoms with Crippen LogP contribution in [0.1, 0.15) is 49.0 Å². The second-order valence-electron chi connectivity index (χ2n) is 11.2. The zero-order chi connectivity index (χ0) is 29.7. The molecule has 210 valence electrons. The molecule has 1 spiro atoms. The summed E-state index contributed by atoms with van der Waals surface area (Å²) in [6, 6.07) is 29.5. The summed E-state index contributed by atoms with van der Waals surface area (Å²) in [4.78, 5) is 45.9. The van der Waals surface area contributed by atoms with Crippen molar-refractivity contribution in [1.29, 1.82) is 5.26 Å². The quantitative estimate of drug-likeness (QED) is 0.293. The number of fused-ring (bicyclic) bond motifs is 6. The van der Waals surface area contributed by atoms with Gasteiger partial charge in [-0.25, -0.2) is 0 Å². The van der Waals surface area contributed by atoms with Crippen LogP contribution < -0.4 is 10.1 Å². The summed E-state index contributed by atoms with van der Waals surface area (Å²) in [7, 11) is 0. The molecule has 3 aliphatic rings. The third kappa shape index (κ3) is 3.91. The number of hydrogen-bond acceptors (Lipinski definition) is 6. The Hall–Kier alpha value is -5.48. The van der Waals surface area contributed by atoms with Crippen LogP contribution in [0.5, 0.6) is 5.75 Å². The van der Waals surface area contributed by atoms with Crippen LogP contribution in [0.15, 0.2) is 103 Å². The third-order valence-electron chi connectivity index (χ3n) is 8.90. The highest BCUT2D eigenvalue weighted by Gasteiger charge is 2.70. The monoisotopic (exact) mass is 565 g/mol. The number of para-hydroxylation sites is 1. The lowest BCUT2D eigenvalue weighted by molar-refractivity contribution is -0.122. The van der Waals surface area contributed by atoms with Gasteiger partial charge in [0.1, 0.15) is 23.3 Å². The molecule has 0 radical (unpaired) electrons. The number of aryl methyl sites for hydroxylation is 1. The van der Waals surface area contributed by atoms with Crippen molar-refractivity contribution in [3.63, 3.8) is 0 Å².